The molecule has 0 aromatic heterocycles. The second-order valence-corrected chi connectivity index (χ2v) is 3.49. The molecular formula is C11H13NO5. The van der Waals surface area contributed by atoms with Crippen molar-refractivity contribution in [3.63, 3.8) is 0 Å². The summed E-state index contributed by atoms with van der Waals surface area (Å²) in [6.45, 7) is 2.34. The number of ether oxygens (including phenoxy) is 3. The fourth-order valence-corrected chi connectivity index (χ4v) is 1.60. The maximum absolute atomic E-state index is 10.9. The number of carbonyl (C=O) groups is 1. The molecule has 1 atom stereocenters. The monoisotopic (exact) mass is 239 g/mol. The standard InChI is InChI=1S/C11H13NO5/c1-2-15-7-4-9-8(16-5-17-9)3-6(7)10(12)11(13)14/h3-4,10H,2,5,12H2,1H3,(H,13,14)/t10-/m0/s1. The van der Waals surface area contributed by atoms with Crippen LogP contribution in [0.3, 0.4) is 0 Å². The molecule has 0 unspecified atom stereocenters. The molecule has 0 saturated carbocycles. The van der Waals surface area contributed by atoms with Gasteiger partial charge in [0.1, 0.15) is 11.8 Å². The fraction of sp³-hybridized carbons (Fsp3) is 0.364. The highest BCUT2D eigenvalue weighted by molar-refractivity contribution is 5.77. The fourth-order valence-electron chi connectivity index (χ4n) is 1.60. The number of hydrogen-bond donors (Lipinski definition) is 2. The van der Waals surface area contributed by atoms with Crippen molar-refractivity contribution in [1.29, 1.82) is 0 Å². The summed E-state index contributed by atoms with van der Waals surface area (Å²) in [4.78, 5) is 10.9. The summed E-state index contributed by atoms with van der Waals surface area (Å²) in [6.07, 6.45) is 0. The second kappa shape index (κ2) is 4.50. The van der Waals surface area contributed by atoms with Crippen molar-refractivity contribution in [2.45, 2.75) is 13.0 Å². The van der Waals surface area contributed by atoms with Crippen molar-refractivity contribution in [2.24, 2.45) is 5.73 Å². The highest BCUT2D eigenvalue weighted by atomic mass is 16.7. The predicted molar refractivity (Wildman–Crippen MR) is 58.3 cm³/mol. The lowest BCUT2D eigenvalue weighted by molar-refractivity contribution is -0.138. The molecule has 0 fully saturated rings. The highest BCUT2D eigenvalue weighted by Gasteiger charge is 2.24. The highest BCUT2D eigenvalue weighted by Crippen LogP contribution is 2.40. The zero-order valence-corrected chi connectivity index (χ0v) is 9.30. The Morgan fingerprint density at radius 2 is 2.18 bits per heavy atom. The minimum absolute atomic E-state index is 0.118. The van der Waals surface area contributed by atoms with Gasteiger partial charge in [-0.25, -0.2) is 0 Å². The maximum Gasteiger partial charge on any atom is 0.325 e. The average molecular weight is 239 g/mol. The SMILES string of the molecule is CCOc1cc2c(cc1[C@H](N)C(=O)O)OCO2. The Morgan fingerprint density at radius 3 is 2.76 bits per heavy atom. The Balaban J connectivity index is 2.44. The molecule has 1 heterocycles. The van der Waals surface area contributed by atoms with Gasteiger partial charge in [0.05, 0.1) is 6.61 Å². The van der Waals surface area contributed by atoms with E-state index in [9.17, 15) is 4.79 Å². The maximum atomic E-state index is 10.9. The second-order valence-electron chi connectivity index (χ2n) is 3.49. The number of aliphatic carboxylic acids is 1. The molecule has 2 rings (SSSR count). The van der Waals surface area contributed by atoms with Gasteiger partial charge < -0.3 is 25.1 Å². The topological polar surface area (TPSA) is 91.0 Å². The summed E-state index contributed by atoms with van der Waals surface area (Å²) in [6, 6.07) is 2.00. The van der Waals surface area contributed by atoms with Crippen LogP contribution in [0.4, 0.5) is 0 Å². The first-order chi connectivity index (χ1) is 8.13. The number of carboxylic acid groups (broad SMARTS) is 1. The summed E-state index contributed by atoms with van der Waals surface area (Å²) in [5.41, 5.74) is 5.97. The summed E-state index contributed by atoms with van der Waals surface area (Å²) in [7, 11) is 0. The molecule has 1 aromatic rings. The molecule has 6 heteroatoms. The molecule has 1 aromatic carbocycles. The number of hydrogen-bond acceptors (Lipinski definition) is 5. The largest absolute Gasteiger partial charge is 0.493 e. The van der Waals surface area contributed by atoms with Crippen LogP contribution in [-0.4, -0.2) is 24.5 Å². The van der Waals surface area contributed by atoms with Crippen molar-refractivity contribution < 1.29 is 24.1 Å². The van der Waals surface area contributed by atoms with E-state index in [0.717, 1.165) is 0 Å². The lowest BCUT2D eigenvalue weighted by Gasteiger charge is -2.14. The molecule has 6 nitrogen and oxygen atoms in total. The Bertz CT molecular complexity index is 446. The summed E-state index contributed by atoms with van der Waals surface area (Å²) in [5.74, 6) is 0.311. The minimum atomic E-state index is -1.15. The quantitative estimate of drug-likeness (QED) is 0.811. The van der Waals surface area contributed by atoms with Gasteiger partial charge in [-0.15, -0.1) is 0 Å². The normalized spacial score (nSPS) is 14.5. The average Bonchev–Trinajstić information content (AvgIpc) is 2.74. The zero-order valence-electron chi connectivity index (χ0n) is 9.30. The van der Waals surface area contributed by atoms with E-state index in [-0.39, 0.29) is 6.79 Å². The Hall–Kier alpha value is -1.95. The van der Waals surface area contributed by atoms with Gasteiger partial charge in [0.2, 0.25) is 6.79 Å². The Kier molecular flexibility index (Phi) is 3.06. The lowest BCUT2D eigenvalue weighted by Crippen LogP contribution is -2.21. The van der Waals surface area contributed by atoms with Gasteiger partial charge >= 0.3 is 5.97 Å². The predicted octanol–water partition coefficient (Wildman–Crippen LogP) is 0.898. The van der Waals surface area contributed by atoms with Gasteiger partial charge in [0, 0.05) is 11.6 Å². The molecule has 0 aliphatic carbocycles. The van der Waals surface area contributed by atoms with Crippen LogP contribution < -0.4 is 19.9 Å². The molecule has 0 radical (unpaired) electrons. The van der Waals surface area contributed by atoms with Gasteiger partial charge in [-0.2, -0.15) is 0 Å². The van der Waals surface area contributed by atoms with Gasteiger partial charge in [-0.3, -0.25) is 4.79 Å². The van der Waals surface area contributed by atoms with Crippen molar-refractivity contribution in [1.82, 2.24) is 0 Å². The van der Waals surface area contributed by atoms with E-state index in [4.69, 9.17) is 25.1 Å². The molecule has 1 aliphatic rings. The van der Waals surface area contributed by atoms with E-state index in [1.54, 1.807) is 19.1 Å². The molecule has 0 spiro atoms. The van der Waals surface area contributed by atoms with Crippen LogP contribution in [0, 0.1) is 0 Å². The first-order valence-electron chi connectivity index (χ1n) is 5.18. The molecular weight excluding hydrogens is 226 g/mol. The van der Waals surface area contributed by atoms with E-state index < -0.39 is 12.0 Å². The molecule has 0 saturated heterocycles. The molecule has 17 heavy (non-hydrogen) atoms. The van der Waals surface area contributed by atoms with Gasteiger partial charge in [-0.05, 0) is 13.0 Å². The van der Waals surface area contributed by atoms with Crippen LogP contribution in [-0.2, 0) is 4.79 Å². The molecule has 92 valence electrons. The number of nitrogens with two attached hydrogens (primary N) is 1. The van der Waals surface area contributed by atoms with Gasteiger partial charge in [-0.1, -0.05) is 0 Å². The first-order valence-corrected chi connectivity index (χ1v) is 5.18. The molecule has 0 amide bonds. The van der Waals surface area contributed by atoms with E-state index in [2.05, 4.69) is 0 Å². The van der Waals surface area contributed by atoms with Crippen LogP contribution in [0.25, 0.3) is 0 Å². The van der Waals surface area contributed by atoms with E-state index in [1.807, 2.05) is 0 Å². The van der Waals surface area contributed by atoms with E-state index >= 15 is 0 Å². The van der Waals surface area contributed by atoms with Crippen LogP contribution in [0.15, 0.2) is 12.1 Å². The van der Waals surface area contributed by atoms with Crippen LogP contribution in [0.1, 0.15) is 18.5 Å². The number of rotatable bonds is 4. The number of carboxylic acids is 1. The summed E-state index contributed by atoms with van der Waals surface area (Å²) < 4.78 is 15.7. The molecule has 0 bridgehead atoms. The molecule has 3 N–H and O–H groups in total. The van der Waals surface area contributed by atoms with Crippen molar-refractivity contribution in [3.8, 4) is 17.2 Å². The molecule has 1 aliphatic heterocycles. The van der Waals surface area contributed by atoms with Crippen LogP contribution in [0.5, 0.6) is 17.2 Å². The smallest absolute Gasteiger partial charge is 0.325 e. The minimum Gasteiger partial charge on any atom is -0.493 e. The Morgan fingerprint density at radius 1 is 1.53 bits per heavy atom. The lowest BCUT2D eigenvalue weighted by atomic mass is 10.1. The summed E-state index contributed by atoms with van der Waals surface area (Å²) in [5, 5.41) is 8.92. The van der Waals surface area contributed by atoms with Crippen molar-refractivity contribution in [3.05, 3.63) is 17.7 Å². The van der Waals surface area contributed by atoms with Crippen molar-refractivity contribution in [2.75, 3.05) is 13.4 Å². The van der Waals surface area contributed by atoms with Crippen LogP contribution >= 0.6 is 0 Å². The summed E-state index contributed by atoms with van der Waals surface area (Å²) >= 11 is 0. The third-order valence-electron chi connectivity index (χ3n) is 2.41. The van der Waals surface area contributed by atoms with Crippen molar-refractivity contribution >= 4 is 5.97 Å². The van der Waals surface area contributed by atoms with Gasteiger partial charge in [0.25, 0.3) is 0 Å². The van der Waals surface area contributed by atoms with Gasteiger partial charge in [0.15, 0.2) is 11.5 Å². The van der Waals surface area contributed by atoms with Crippen LogP contribution in [0.2, 0.25) is 0 Å². The Labute approximate surface area is 97.9 Å². The number of fused-ring (bicyclic) bond motifs is 1. The number of benzene rings is 1. The zero-order chi connectivity index (χ0) is 12.4. The van der Waals surface area contributed by atoms with E-state index in [1.165, 1.54) is 0 Å². The third-order valence-corrected chi connectivity index (χ3v) is 2.41. The third kappa shape index (κ3) is 2.12. The first kappa shape index (κ1) is 11.5. The van der Waals surface area contributed by atoms with E-state index in [0.29, 0.717) is 29.4 Å².